The Morgan fingerprint density at radius 2 is 1.00 bits per heavy atom. The Balaban J connectivity index is 2.18. The fourth-order valence-corrected chi connectivity index (χ4v) is 2.15. The van der Waals surface area contributed by atoms with E-state index >= 15 is 0 Å². The predicted molar refractivity (Wildman–Crippen MR) is 69.9 cm³/mol. The van der Waals surface area contributed by atoms with Crippen LogP contribution in [0, 0.1) is 5.41 Å². The zero-order valence-corrected chi connectivity index (χ0v) is 10.9. The van der Waals surface area contributed by atoms with E-state index in [0.717, 1.165) is 0 Å². The second kappa shape index (κ2) is 6.41. The Bertz CT molecular complexity index is 441. The molecule has 2 rings (SSSR count). The molecule has 0 aliphatic rings. The van der Waals surface area contributed by atoms with Crippen LogP contribution in [0.2, 0.25) is 0 Å². The second-order valence-electron chi connectivity index (χ2n) is 4.91. The molecular formula is C15H20N2O2+2. The van der Waals surface area contributed by atoms with Crippen LogP contribution in [0.25, 0.3) is 0 Å². The number of hydrogen-bond donors (Lipinski definition) is 2. The van der Waals surface area contributed by atoms with E-state index in [4.69, 9.17) is 0 Å². The maximum atomic E-state index is 9.71. The fraction of sp³-hybridized carbons (Fsp3) is 0.333. The van der Waals surface area contributed by atoms with Crippen LogP contribution in [0.3, 0.4) is 0 Å². The first kappa shape index (κ1) is 13.6. The van der Waals surface area contributed by atoms with E-state index in [1.54, 1.807) is 0 Å². The van der Waals surface area contributed by atoms with Gasteiger partial charge in [-0.3, -0.25) is 0 Å². The summed E-state index contributed by atoms with van der Waals surface area (Å²) in [7, 11) is 0. The van der Waals surface area contributed by atoms with E-state index in [1.807, 2.05) is 70.3 Å². The van der Waals surface area contributed by atoms with E-state index in [2.05, 4.69) is 0 Å². The molecule has 2 N–H and O–H groups in total. The molecule has 4 nitrogen and oxygen atoms in total. The lowest BCUT2D eigenvalue weighted by Gasteiger charge is -2.22. The van der Waals surface area contributed by atoms with Crippen LogP contribution >= 0.6 is 0 Å². The number of nitrogens with zero attached hydrogens (tertiary/aromatic N) is 2. The monoisotopic (exact) mass is 260 g/mol. The molecule has 0 radical (unpaired) electrons. The smallest absolute Gasteiger partial charge is 0.168 e. The van der Waals surface area contributed by atoms with Gasteiger partial charge in [0.1, 0.15) is 5.41 Å². The van der Waals surface area contributed by atoms with Gasteiger partial charge in [-0.1, -0.05) is 12.1 Å². The van der Waals surface area contributed by atoms with Crippen molar-refractivity contribution in [1.29, 1.82) is 0 Å². The first-order valence-electron chi connectivity index (χ1n) is 6.38. The van der Waals surface area contributed by atoms with E-state index in [0.29, 0.717) is 13.1 Å². The highest BCUT2D eigenvalue weighted by atomic mass is 16.3. The molecule has 19 heavy (non-hydrogen) atoms. The number of pyridine rings is 2. The zero-order chi connectivity index (χ0) is 13.6. The lowest BCUT2D eigenvalue weighted by atomic mass is 9.89. The maximum Gasteiger partial charge on any atom is 0.168 e. The van der Waals surface area contributed by atoms with E-state index < -0.39 is 5.41 Å². The number of hydrogen-bond acceptors (Lipinski definition) is 2. The zero-order valence-electron chi connectivity index (χ0n) is 10.9. The van der Waals surface area contributed by atoms with Crippen LogP contribution in [0.4, 0.5) is 0 Å². The molecule has 0 saturated carbocycles. The number of rotatable bonds is 6. The third-order valence-corrected chi connectivity index (χ3v) is 3.26. The summed E-state index contributed by atoms with van der Waals surface area (Å²) in [6.45, 7) is 1.02. The molecule has 2 aromatic heterocycles. The Morgan fingerprint density at radius 1 is 0.632 bits per heavy atom. The SMILES string of the molecule is OCC(CO)(C[n+]1ccccc1)C[n+]1ccccc1. The van der Waals surface area contributed by atoms with Crippen LogP contribution in [-0.4, -0.2) is 23.4 Å². The summed E-state index contributed by atoms with van der Waals surface area (Å²) in [5.41, 5.74) is -0.571. The molecule has 0 atom stereocenters. The van der Waals surface area contributed by atoms with Gasteiger partial charge in [0.25, 0.3) is 0 Å². The van der Waals surface area contributed by atoms with Crippen molar-refractivity contribution in [3.63, 3.8) is 0 Å². The first-order chi connectivity index (χ1) is 9.28. The minimum absolute atomic E-state index is 0.0622. The highest BCUT2D eigenvalue weighted by Crippen LogP contribution is 2.16. The summed E-state index contributed by atoms with van der Waals surface area (Å²) in [5, 5.41) is 19.4. The molecule has 0 aliphatic heterocycles. The van der Waals surface area contributed by atoms with Crippen molar-refractivity contribution in [3.8, 4) is 0 Å². The van der Waals surface area contributed by atoms with E-state index in [9.17, 15) is 10.2 Å². The van der Waals surface area contributed by atoms with Crippen LogP contribution in [0.15, 0.2) is 61.2 Å². The third kappa shape index (κ3) is 3.59. The van der Waals surface area contributed by atoms with Gasteiger partial charge >= 0.3 is 0 Å². The maximum absolute atomic E-state index is 9.71. The Kier molecular flexibility index (Phi) is 4.60. The average molecular weight is 260 g/mol. The van der Waals surface area contributed by atoms with Crippen molar-refractivity contribution in [3.05, 3.63) is 61.2 Å². The van der Waals surface area contributed by atoms with Gasteiger partial charge in [0.05, 0.1) is 13.2 Å². The summed E-state index contributed by atoms with van der Waals surface area (Å²) in [4.78, 5) is 0. The molecule has 4 heteroatoms. The van der Waals surface area contributed by atoms with E-state index in [1.165, 1.54) is 0 Å². The highest BCUT2D eigenvalue weighted by Gasteiger charge is 2.37. The number of aliphatic hydroxyl groups excluding tert-OH is 2. The molecule has 100 valence electrons. The van der Waals surface area contributed by atoms with E-state index in [-0.39, 0.29) is 13.2 Å². The summed E-state index contributed by atoms with van der Waals surface area (Å²) in [5.74, 6) is 0. The van der Waals surface area contributed by atoms with Crippen LogP contribution < -0.4 is 9.13 Å². The minimum atomic E-state index is -0.571. The van der Waals surface area contributed by atoms with Gasteiger partial charge in [0.15, 0.2) is 37.9 Å². The van der Waals surface area contributed by atoms with Crippen molar-refractivity contribution >= 4 is 0 Å². The highest BCUT2D eigenvalue weighted by molar-refractivity contribution is 4.85. The van der Waals surface area contributed by atoms with Crippen molar-refractivity contribution in [2.24, 2.45) is 5.41 Å². The molecule has 0 aliphatic carbocycles. The number of aromatic nitrogens is 2. The number of aliphatic hydroxyl groups is 2. The Labute approximate surface area is 113 Å². The Hall–Kier alpha value is -1.78. The van der Waals surface area contributed by atoms with Crippen molar-refractivity contribution in [1.82, 2.24) is 0 Å². The summed E-state index contributed by atoms with van der Waals surface area (Å²) >= 11 is 0. The predicted octanol–water partition coefficient (Wildman–Crippen LogP) is -0.0672. The second-order valence-corrected chi connectivity index (χ2v) is 4.91. The standard InChI is InChI=1S/C15H20N2O2/c18-13-15(14-19,11-16-7-3-1-4-8-16)12-17-9-5-2-6-10-17/h1-10,18-19H,11-14H2/q+2. The van der Waals surface area contributed by atoms with Gasteiger partial charge in [-0.05, 0) is 0 Å². The molecule has 0 bridgehead atoms. The lowest BCUT2D eigenvalue weighted by Crippen LogP contribution is -2.54. The largest absolute Gasteiger partial charge is 0.395 e. The molecule has 0 unspecified atom stereocenters. The normalized spacial score (nSPS) is 11.5. The molecule has 0 fully saturated rings. The third-order valence-electron chi connectivity index (χ3n) is 3.26. The quantitative estimate of drug-likeness (QED) is 0.715. The molecule has 2 heterocycles. The molecule has 0 aromatic carbocycles. The minimum Gasteiger partial charge on any atom is -0.395 e. The topological polar surface area (TPSA) is 48.2 Å². The van der Waals surface area contributed by atoms with Gasteiger partial charge in [0.2, 0.25) is 0 Å². The van der Waals surface area contributed by atoms with Crippen molar-refractivity contribution < 1.29 is 19.3 Å². The van der Waals surface area contributed by atoms with Crippen LogP contribution in [0.5, 0.6) is 0 Å². The van der Waals surface area contributed by atoms with Crippen molar-refractivity contribution in [2.75, 3.05) is 13.2 Å². The molecular weight excluding hydrogens is 240 g/mol. The summed E-state index contributed by atoms with van der Waals surface area (Å²) < 4.78 is 3.96. The summed E-state index contributed by atoms with van der Waals surface area (Å²) in [6.07, 6.45) is 7.76. The summed E-state index contributed by atoms with van der Waals surface area (Å²) in [6, 6.07) is 11.7. The van der Waals surface area contributed by atoms with Gasteiger partial charge in [0, 0.05) is 24.3 Å². The molecule has 0 spiro atoms. The van der Waals surface area contributed by atoms with Gasteiger partial charge in [-0.2, -0.15) is 0 Å². The average Bonchev–Trinajstić information content (AvgIpc) is 2.48. The van der Waals surface area contributed by atoms with Gasteiger partial charge in [-0.15, -0.1) is 0 Å². The van der Waals surface area contributed by atoms with Gasteiger partial charge in [-0.25, -0.2) is 9.13 Å². The van der Waals surface area contributed by atoms with Crippen LogP contribution in [0.1, 0.15) is 0 Å². The lowest BCUT2D eigenvalue weighted by molar-refractivity contribution is -0.750. The molecule has 0 saturated heterocycles. The molecule has 0 amide bonds. The fourth-order valence-electron chi connectivity index (χ4n) is 2.15. The Morgan fingerprint density at radius 3 is 1.32 bits per heavy atom. The molecule has 2 aromatic rings. The van der Waals surface area contributed by atoms with Crippen LogP contribution in [-0.2, 0) is 13.1 Å². The first-order valence-corrected chi connectivity index (χ1v) is 6.38. The van der Waals surface area contributed by atoms with Gasteiger partial charge < -0.3 is 10.2 Å². The van der Waals surface area contributed by atoms with Crippen molar-refractivity contribution in [2.45, 2.75) is 13.1 Å².